The van der Waals surface area contributed by atoms with Crippen LogP contribution in [0.3, 0.4) is 0 Å². The molecule has 1 atom stereocenters. The van der Waals surface area contributed by atoms with Crippen LogP contribution in [0.5, 0.6) is 0 Å². The fourth-order valence-corrected chi connectivity index (χ4v) is 3.42. The zero-order valence-corrected chi connectivity index (χ0v) is 10.0. The first-order valence-electron chi connectivity index (χ1n) is 6.47. The van der Waals surface area contributed by atoms with Gasteiger partial charge in [-0.2, -0.15) is 0 Å². The third kappa shape index (κ3) is 1.98. The minimum absolute atomic E-state index is 0.140. The fourth-order valence-electron chi connectivity index (χ4n) is 3.42. The number of hydrogen-bond donors (Lipinski definition) is 2. The lowest BCUT2D eigenvalue weighted by molar-refractivity contribution is 0.201. The summed E-state index contributed by atoms with van der Waals surface area (Å²) in [4.78, 5) is 0. The minimum atomic E-state index is -0.140. The van der Waals surface area contributed by atoms with Crippen LogP contribution in [0.15, 0.2) is 24.3 Å². The van der Waals surface area contributed by atoms with Crippen molar-refractivity contribution in [1.82, 2.24) is 10.6 Å². The summed E-state index contributed by atoms with van der Waals surface area (Å²) < 4.78 is 13.0. The van der Waals surface area contributed by atoms with Gasteiger partial charge in [0.25, 0.3) is 0 Å². The molecule has 17 heavy (non-hydrogen) atoms. The van der Waals surface area contributed by atoms with Crippen LogP contribution in [-0.4, -0.2) is 26.2 Å². The summed E-state index contributed by atoms with van der Waals surface area (Å²) in [6, 6.07) is 7.08. The molecule has 0 bridgehead atoms. The van der Waals surface area contributed by atoms with Crippen LogP contribution in [0, 0.1) is 11.2 Å². The van der Waals surface area contributed by atoms with E-state index >= 15 is 0 Å². The monoisotopic (exact) mass is 234 g/mol. The Balaban J connectivity index is 1.88. The highest BCUT2D eigenvalue weighted by Crippen LogP contribution is 2.45. The van der Waals surface area contributed by atoms with E-state index in [1.807, 2.05) is 12.1 Å². The molecule has 3 rings (SSSR count). The van der Waals surface area contributed by atoms with Gasteiger partial charge in [0, 0.05) is 19.0 Å². The van der Waals surface area contributed by atoms with E-state index in [4.69, 9.17) is 0 Å². The lowest BCUT2D eigenvalue weighted by Gasteiger charge is -2.38. The molecule has 2 aliphatic rings. The normalized spacial score (nSPS) is 27.5. The number of halogens is 1. The topological polar surface area (TPSA) is 24.1 Å². The highest BCUT2D eigenvalue weighted by atomic mass is 19.1. The molecule has 1 aromatic rings. The second-order valence-corrected chi connectivity index (χ2v) is 5.35. The highest BCUT2D eigenvalue weighted by Gasteiger charge is 2.43. The van der Waals surface area contributed by atoms with Gasteiger partial charge in [-0.25, -0.2) is 4.39 Å². The largest absolute Gasteiger partial charge is 0.317 e. The van der Waals surface area contributed by atoms with Crippen molar-refractivity contribution in [2.24, 2.45) is 5.41 Å². The average molecular weight is 234 g/mol. The minimum Gasteiger partial charge on any atom is -0.317 e. The van der Waals surface area contributed by atoms with Gasteiger partial charge >= 0.3 is 0 Å². The molecule has 0 unspecified atom stereocenters. The first-order chi connectivity index (χ1) is 8.30. The maximum atomic E-state index is 13.0. The quantitative estimate of drug-likeness (QED) is 0.775. The Bertz CT molecular complexity index is 382. The van der Waals surface area contributed by atoms with Crippen LogP contribution in [0.25, 0.3) is 0 Å². The molecule has 0 aliphatic carbocycles. The van der Waals surface area contributed by atoms with E-state index < -0.39 is 0 Å². The van der Waals surface area contributed by atoms with Gasteiger partial charge in [0.2, 0.25) is 0 Å². The molecule has 1 aromatic carbocycles. The van der Waals surface area contributed by atoms with Gasteiger partial charge in [-0.1, -0.05) is 12.1 Å². The van der Waals surface area contributed by atoms with Crippen molar-refractivity contribution in [3.05, 3.63) is 35.6 Å². The van der Waals surface area contributed by atoms with Crippen LogP contribution in [0.1, 0.15) is 24.3 Å². The fraction of sp³-hybridized carbons (Fsp3) is 0.571. The Kier molecular flexibility index (Phi) is 2.89. The summed E-state index contributed by atoms with van der Waals surface area (Å²) in [6.45, 7) is 4.36. The van der Waals surface area contributed by atoms with Crippen molar-refractivity contribution in [2.75, 3.05) is 26.2 Å². The number of benzene rings is 1. The highest BCUT2D eigenvalue weighted by molar-refractivity contribution is 5.26. The molecule has 92 valence electrons. The van der Waals surface area contributed by atoms with Gasteiger partial charge in [0.15, 0.2) is 0 Å². The summed E-state index contributed by atoms with van der Waals surface area (Å²) >= 11 is 0. The van der Waals surface area contributed by atoms with E-state index in [-0.39, 0.29) is 5.82 Å². The third-order valence-corrected chi connectivity index (χ3v) is 4.44. The molecular formula is C14H19FN2. The van der Waals surface area contributed by atoms with Gasteiger partial charge in [0.1, 0.15) is 5.82 Å². The average Bonchev–Trinajstić information content (AvgIpc) is 2.75. The molecule has 0 aromatic heterocycles. The smallest absolute Gasteiger partial charge is 0.123 e. The van der Waals surface area contributed by atoms with Crippen LogP contribution in [-0.2, 0) is 0 Å². The van der Waals surface area contributed by atoms with Crippen LogP contribution in [0.4, 0.5) is 4.39 Å². The van der Waals surface area contributed by atoms with E-state index in [0.29, 0.717) is 11.3 Å². The summed E-state index contributed by atoms with van der Waals surface area (Å²) in [5.41, 5.74) is 1.68. The molecule has 2 saturated heterocycles. The van der Waals surface area contributed by atoms with E-state index in [0.717, 1.165) is 26.2 Å². The lowest BCUT2D eigenvalue weighted by atomic mass is 9.69. The zero-order valence-electron chi connectivity index (χ0n) is 10.0. The SMILES string of the molecule is Fc1ccc([C@@H]2CNCC23CCNCC3)cc1. The first kappa shape index (κ1) is 11.2. The van der Waals surface area contributed by atoms with Gasteiger partial charge in [-0.3, -0.25) is 0 Å². The van der Waals surface area contributed by atoms with Crippen molar-refractivity contribution in [1.29, 1.82) is 0 Å². The van der Waals surface area contributed by atoms with Crippen LogP contribution >= 0.6 is 0 Å². The van der Waals surface area contributed by atoms with Gasteiger partial charge in [-0.05, 0) is 49.0 Å². The van der Waals surface area contributed by atoms with E-state index in [2.05, 4.69) is 10.6 Å². The lowest BCUT2D eigenvalue weighted by Crippen LogP contribution is -2.41. The maximum Gasteiger partial charge on any atom is 0.123 e. The Morgan fingerprint density at radius 3 is 2.47 bits per heavy atom. The molecule has 2 nitrogen and oxygen atoms in total. The molecule has 3 heteroatoms. The standard InChI is InChI=1S/C14H19FN2/c15-12-3-1-11(2-4-12)13-9-17-10-14(13)5-7-16-8-6-14/h1-4,13,16-17H,5-10H2/t13-/m0/s1. The number of hydrogen-bond acceptors (Lipinski definition) is 2. The molecule has 2 aliphatic heterocycles. The molecular weight excluding hydrogens is 215 g/mol. The molecule has 0 amide bonds. The zero-order chi connectivity index (χ0) is 11.7. The summed E-state index contributed by atoms with van der Waals surface area (Å²) in [5, 5.41) is 6.95. The molecule has 0 radical (unpaired) electrons. The van der Waals surface area contributed by atoms with E-state index in [1.165, 1.54) is 18.4 Å². The number of rotatable bonds is 1. The Hall–Kier alpha value is -0.930. The predicted molar refractivity (Wildman–Crippen MR) is 66.5 cm³/mol. The molecule has 2 heterocycles. The summed E-state index contributed by atoms with van der Waals surface area (Å²) in [7, 11) is 0. The Morgan fingerprint density at radius 2 is 1.76 bits per heavy atom. The van der Waals surface area contributed by atoms with Crippen LogP contribution < -0.4 is 10.6 Å². The second kappa shape index (κ2) is 4.39. The first-order valence-corrected chi connectivity index (χ1v) is 6.47. The summed E-state index contributed by atoms with van der Waals surface area (Å²) in [6.07, 6.45) is 2.45. The van der Waals surface area contributed by atoms with Crippen molar-refractivity contribution < 1.29 is 4.39 Å². The predicted octanol–water partition coefficient (Wildman–Crippen LogP) is 1.88. The number of nitrogens with one attached hydrogen (secondary N) is 2. The second-order valence-electron chi connectivity index (χ2n) is 5.35. The van der Waals surface area contributed by atoms with Gasteiger partial charge in [-0.15, -0.1) is 0 Å². The van der Waals surface area contributed by atoms with Crippen molar-refractivity contribution in [3.8, 4) is 0 Å². The van der Waals surface area contributed by atoms with Gasteiger partial charge < -0.3 is 10.6 Å². The van der Waals surface area contributed by atoms with E-state index in [9.17, 15) is 4.39 Å². The Morgan fingerprint density at radius 1 is 1.06 bits per heavy atom. The van der Waals surface area contributed by atoms with Crippen molar-refractivity contribution in [2.45, 2.75) is 18.8 Å². The molecule has 1 spiro atoms. The molecule has 2 fully saturated rings. The maximum absolute atomic E-state index is 13.0. The van der Waals surface area contributed by atoms with E-state index in [1.54, 1.807) is 12.1 Å². The summed E-state index contributed by atoms with van der Waals surface area (Å²) in [5.74, 6) is 0.407. The van der Waals surface area contributed by atoms with Gasteiger partial charge in [0.05, 0.1) is 0 Å². The Labute approximate surface area is 102 Å². The number of piperidine rings is 1. The molecule has 2 N–H and O–H groups in total. The van der Waals surface area contributed by atoms with Crippen LogP contribution in [0.2, 0.25) is 0 Å². The third-order valence-electron chi connectivity index (χ3n) is 4.44. The van der Waals surface area contributed by atoms with Crippen molar-refractivity contribution in [3.63, 3.8) is 0 Å². The van der Waals surface area contributed by atoms with Crippen molar-refractivity contribution >= 4 is 0 Å². The molecule has 0 saturated carbocycles.